The van der Waals surface area contributed by atoms with Crippen LogP contribution in [0.2, 0.25) is 0 Å². The van der Waals surface area contributed by atoms with Gasteiger partial charge in [-0.1, -0.05) is 127 Å². The molecule has 0 aliphatic carbocycles. The molecule has 0 aliphatic heterocycles. The lowest BCUT2D eigenvalue weighted by Crippen LogP contribution is -2.12. The van der Waals surface area contributed by atoms with Crippen LogP contribution in [0, 0.1) is 0 Å². The Morgan fingerprint density at radius 1 is 0.449 bits per heavy atom. The predicted molar refractivity (Wildman–Crippen MR) is 206 cm³/mol. The molecular weight excluding hydrogens is 597 g/mol. The number of nitrogens with zero attached hydrogens (tertiary/aromatic N) is 2. The van der Waals surface area contributed by atoms with E-state index in [1.807, 2.05) is 0 Å². The number of rotatable bonds is 5. The van der Waals surface area contributed by atoms with Gasteiger partial charge in [0.15, 0.2) is 0 Å². The molecule has 0 aliphatic rings. The van der Waals surface area contributed by atoms with E-state index in [-0.39, 0.29) is 0 Å². The Bertz CT molecular complexity index is 2830. The number of hydrogen-bond donors (Lipinski definition) is 0. The zero-order valence-electron chi connectivity index (χ0n) is 26.6. The normalized spacial score (nSPS) is 11.7. The second-order valence-corrected chi connectivity index (χ2v) is 12.5. The first-order valence-corrected chi connectivity index (χ1v) is 16.7. The van der Waals surface area contributed by atoms with Gasteiger partial charge >= 0.3 is 0 Å². The van der Waals surface area contributed by atoms with Crippen molar-refractivity contribution in [1.82, 2.24) is 4.57 Å². The first-order valence-electron chi connectivity index (χ1n) is 16.7. The van der Waals surface area contributed by atoms with Crippen LogP contribution in [0.5, 0.6) is 0 Å². The fourth-order valence-electron chi connectivity index (χ4n) is 7.60. The first-order chi connectivity index (χ1) is 24.3. The second kappa shape index (κ2) is 11.0. The van der Waals surface area contributed by atoms with Crippen LogP contribution in [-0.4, -0.2) is 4.57 Å². The Hall–Kier alpha value is -6.58. The van der Waals surface area contributed by atoms with Gasteiger partial charge in [-0.2, -0.15) is 0 Å². The Labute approximate surface area is 283 Å². The molecule has 0 amide bonds. The number of fused-ring (bicyclic) bond motifs is 8. The van der Waals surface area contributed by atoms with Gasteiger partial charge in [0.05, 0.1) is 22.4 Å². The summed E-state index contributed by atoms with van der Waals surface area (Å²) >= 11 is 0. The highest BCUT2D eigenvalue weighted by Crippen LogP contribution is 2.47. The standard InChI is InChI=1S/C46H30N2O/c1-3-14-31(15-4-1)35-19-9-11-23-41(35)47(34-27-29-38-40-28-26-32-16-7-8-20-36(32)46(40)49-44(38)30-34)43-25-13-22-39-37-21-10-12-24-42(37)48(45(39)43)33-17-5-2-6-18-33/h1-30H. The number of aromatic nitrogens is 1. The van der Waals surface area contributed by atoms with Gasteiger partial charge in [0, 0.05) is 49.9 Å². The summed E-state index contributed by atoms with van der Waals surface area (Å²) in [5, 5.41) is 6.96. The molecule has 3 nitrogen and oxygen atoms in total. The Balaban J connectivity index is 1.31. The average Bonchev–Trinajstić information content (AvgIpc) is 3.72. The number of benzene rings is 8. The number of hydrogen-bond acceptors (Lipinski definition) is 2. The van der Waals surface area contributed by atoms with E-state index in [2.05, 4.69) is 191 Å². The van der Waals surface area contributed by atoms with Gasteiger partial charge in [-0.3, -0.25) is 0 Å². The van der Waals surface area contributed by atoms with Crippen molar-refractivity contribution in [3.63, 3.8) is 0 Å². The number of para-hydroxylation sites is 4. The molecule has 0 spiro atoms. The first kappa shape index (κ1) is 27.5. The summed E-state index contributed by atoms with van der Waals surface area (Å²) in [5.74, 6) is 0. The molecule has 10 rings (SSSR count). The molecule has 2 heterocycles. The quantitative estimate of drug-likeness (QED) is 0.190. The van der Waals surface area contributed by atoms with Crippen molar-refractivity contribution in [2.24, 2.45) is 0 Å². The third-order valence-corrected chi connectivity index (χ3v) is 9.76. The SMILES string of the molecule is c1ccc(-c2ccccc2N(c2ccc3c(c2)oc2c4ccccc4ccc32)c2cccc3c4ccccc4n(-c4ccccc4)c23)cc1. The van der Waals surface area contributed by atoms with Crippen molar-refractivity contribution >= 4 is 71.6 Å². The molecule has 10 aromatic rings. The third kappa shape index (κ3) is 4.29. The summed E-state index contributed by atoms with van der Waals surface area (Å²) in [6.07, 6.45) is 0. The Morgan fingerprint density at radius 2 is 1.12 bits per heavy atom. The van der Waals surface area contributed by atoms with E-state index < -0.39 is 0 Å². The van der Waals surface area contributed by atoms with Crippen LogP contribution in [0.15, 0.2) is 186 Å². The molecule has 230 valence electrons. The minimum absolute atomic E-state index is 0.863. The summed E-state index contributed by atoms with van der Waals surface area (Å²) in [5.41, 5.74) is 10.7. The third-order valence-electron chi connectivity index (χ3n) is 9.76. The van der Waals surface area contributed by atoms with Crippen LogP contribution >= 0.6 is 0 Å². The van der Waals surface area contributed by atoms with Crippen LogP contribution in [0.25, 0.3) is 71.3 Å². The molecule has 0 saturated carbocycles. The fourth-order valence-corrected chi connectivity index (χ4v) is 7.60. The maximum atomic E-state index is 6.74. The van der Waals surface area contributed by atoms with Gasteiger partial charge < -0.3 is 13.9 Å². The molecule has 0 fully saturated rings. The van der Waals surface area contributed by atoms with E-state index in [1.54, 1.807) is 0 Å². The largest absolute Gasteiger partial charge is 0.455 e. The molecule has 0 saturated heterocycles. The maximum absolute atomic E-state index is 6.74. The van der Waals surface area contributed by atoms with Crippen molar-refractivity contribution in [2.45, 2.75) is 0 Å². The monoisotopic (exact) mass is 626 g/mol. The van der Waals surface area contributed by atoms with Crippen molar-refractivity contribution in [3.8, 4) is 16.8 Å². The van der Waals surface area contributed by atoms with E-state index in [1.165, 1.54) is 21.7 Å². The summed E-state index contributed by atoms with van der Waals surface area (Å²) in [4.78, 5) is 2.41. The molecule has 49 heavy (non-hydrogen) atoms. The number of furan rings is 1. The summed E-state index contributed by atoms with van der Waals surface area (Å²) in [7, 11) is 0. The average molecular weight is 627 g/mol. The topological polar surface area (TPSA) is 21.3 Å². The van der Waals surface area contributed by atoms with Crippen LogP contribution in [0.1, 0.15) is 0 Å². The van der Waals surface area contributed by atoms with E-state index in [4.69, 9.17) is 4.42 Å². The summed E-state index contributed by atoms with van der Waals surface area (Å²) in [6.45, 7) is 0. The van der Waals surface area contributed by atoms with Crippen LogP contribution in [-0.2, 0) is 0 Å². The smallest absolute Gasteiger partial charge is 0.143 e. The number of anilines is 3. The van der Waals surface area contributed by atoms with Crippen molar-refractivity contribution in [1.29, 1.82) is 0 Å². The van der Waals surface area contributed by atoms with Crippen molar-refractivity contribution in [2.75, 3.05) is 4.90 Å². The molecule has 0 bridgehead atoms. The molecule has 0 unspecified atom stereocenters. The lowest BCUT2D eigenvalue weighted by atomic mass is 10.0. The van der Waals surface area contributed by atoms with Gasteiger partial charge in [-0.05, 0) is 59.5 Å². The van der Waals surface area contributed by atoms with E-state index in [9.17, 15) is 0 Å². The van der Waals surface area contributed by atoms with Gasteiger partial charge in [0.2, 0.25) is 0 Å². The minimum atomic E-state index is 0.863. The Kier molecular flexibility index (Phi) is 6.18. The van der Waals surface area contributed by atoms with E-state index in [0.29, 0.717) is 0 Å². The summed E-state index contributed by atoms with van der Waals surface area (Å²) < 4.78 is 9.15. The minimum Gasteiger partial charge on any atom is -0.455 e. The van der Waals surface area contributed by atoms with Crippen LogP contribution in [0.3, 0.4) is 0 Å². The van der Waals surface area contributed by atoms with Gasteiger partial charge in [-0.15, -0.1) is 0 Å². The predicted octanol–water partition coefficient (Wildman–Crippen LogP) is 13.0. The summed E-state index contributed by atoms with van der Waals surface area (Å²) in [6, 6.07) is 64.9. The zero-order chi connectivity index (χ0) is 32.3. The Morgan fingerprint density at radius 3 is 2.00 bits per heavy atom. The molecular formula is C46H30N2O. The van der Waals surface area contributed by atoms with Gasteiger partial charge in [0.25, 0.3) is 0 Å². The van der Waals surface area contributed by atoms with Gasteiger partial charge in [-0.25, -0.2) is 0 Å². The highest BCUT2D eigenvalue weighted by atomic mass is 16.3. The second-order valence-electron chi connectivity index (χ2n) is 12.5. The van der Waals surface area contributed by atoms with Crippen molar-refractivity contribution < 1.29 is 4.42 Å². The van der Waals surface area contributed by atoms with Crippen LogP contribution in [0.4, 0.5) is 17.1 Å². The molecule has 2 aromatic heterocycles. The molecule has 0 radical (unpaired) electrons. The lowest BCUT2D eigenvalue weighted by molar-refractivity contribution is 0.672. The zero-order valence-corrected chi connectivity index (χ0v) is 26.6. The van der Waals surface area contributed by atoms with Crippen LogP contribution < -0.4 is 4.90 Å². The molecule has 3 heteroatoms. The van der Waals surface area contributed by atoms with Crippen molar-refractivity contribution in [3.05, 3.63) is 182 Å². The maximum Gasteiger partial charge on any atom is 0.143 e. The highest BCUT2D eigenvalue weighted by Gasteiger charge is 2.24. The molecule has 8 aromatic carbocycles. The highest BCUT2D eigenvalue weighted by molar-refractivity contribution is 6.17. The van der Waals surface area contributed by atoms with Gasteiger partial charge in [0.1, 0.15) is 11.2 Å². The van der Waals surface area contributed by atoms with E-state index >= 15 is 0 Å². The molecule has 0 atom stereocenters. The fraction of sp³-hybridized carbons (Fsp3) is 0. The lowest BCUT2D eigenvalue weighted by Gasteiger charge is -2.29. The van der Waals surface area contributed by atoms with E-state index in [0.717, 1.165) is 66.7 Å². The molecule has 0 N–H and O–H groups in total.